The monoisotopic (exact) mass is 476 g/mol. The molecule has 10 nitrogen and oxygen atoms in total. The normalized spacial score (nSPS) is 16.5. The molecule has 1 N–H and O–H groups in total. The van der Waals surface area contributed by atoms with Crippen molar-refractivity contribution in [3.05, 3.63) is 52.1 Å². The fourth-order valence-electron chi connectivity index (χ4n) is 3.84. The zero-order chi connectivity index (χ0) is 24.3. The number of rotatable bonds is 7. The Morgan fingerprint density at radius 2 is 1.97 bits per heavy atom. The van der Waals surface area contributed by atoms with Crippen molar-refractivity contribution in [2.24, 2.45) is 5.92 Å². The first-order chi connectivity index (χ1) is 15.5. The summed E-state index contributed by atoms with van der Waals surface area (Å²) in [5.41, 5.74) is 0.563. The van der Waals surface area contributed by atoms with Gasteiger partial charge in [-0.3, -0.25) is 14.9 Å². The zero-order valence-electron chi connectivity index (χ0n) is 19.1. The summed E-state index contributed by atoms with van der Waals surface area (Å²) >= 11 is 0. The molecule has 1 amide bonds. The maximum atomic E-state index is 12.9. The number of carbonyl (C=O) groups excluding carboxylic acids is 1. The third kappa shape index (κ3) is 5.25. The van der Waals surface area contributed by atoms with Crippen LogP contribution < -0.4 is 15.0 Å². The summed E-state index contributed by atoms with van der Waals surface area (Å²) in [6.07, 6.45) is 2.03. The Morgan fingerprint density at radius 1 is 1.24 bits per heavy atom. The van der Waals surface area contributed by atoms with Crippen LogP contribution in [0.1, 0.15) is 30.1 Å². The van der Waals surface area contributed by atoms with Crippen molar-refractivity contribution >= 4 is 33.0 Å². The number of nitrogens with zero attached hydrogens (tertiary/aromatic N) is 3. The number of sulfonamides is 1. The van der Waals surface area contributed by atoms with Crippen LogP contribution in [0, 0.1) is 16.0 Å². The van der Waals surface area contributed by atoms with Crippen LogP contribution in [0.25, 0.3) is 0 Å². The molecule has 1 aliphatic heterocycles. The highest BCUT2D eigenvalue weighted by Gasteiger charge is 2.26. The molecule has 1 aliphatic rings. The van der Waals surface area contributed by atoms with E-state index in [1.807, 2.05) is 4.90 Å². The first kappa shape index (κ1) is 24.5. The Hall–Kier alpha value is -3.18. The van der Waals surface area contributed by atoms with Crippen LogP contribution in [-0.2, 0) is 10.0 Å². The fourth-order valence-corrected chi connectivity index (χ4v) is 4.77. The number of amides is 1. The molecule has 2 aromatic carbocycles. The van der Waals surface area contributed by atoms with Crippen LogP contribution in [-0.4, -0.2) is 57.8 Å². The third-order valence-electron chi connectivity index (χ3n) is 5.63. The van der Waals surface area contributed by atoms with Crippen molar-refractivity contribution in [2.75, 3.05) is 44.5 Å². The average Bonchev–Trinajstić information content (AvgIpc) is 2.78. The van der Waals surface area contributed by atoms with Crippen LogP contribution in [0.4, 0.5) is 17.1 Å². The van der Waals surface area contributed by atoms with Crippen LogP contribution in [0.15, 0.2) is 41.3 Å². The van der Waals surface area contributed by atoms with E-state index in [0.717, 1.165) is 30.2 Å². The lowest BCUT2D eigenvalue weighted by atomic mass is 9.99. The Labute approximate surface area is 193 Å². The van der Waals surface area contributed by atoms with E-state index in [1.54, 1.807) is 6.07 Å². The predicted octanol–water partition coefficient (Wildman–Crippen LogP) is 3.34. The second-order valence-electron chi connectivity index (χ2n) is 8.26. The lowest BCUT2D eigenvalue weighted by Gasteiger charge is -2.32. The van der Waals surface area contributed by atoms with Crippen molar-refractivity contribution in [3.8, 4) is 5.75 Å². The van der Waals surface area contributed by atoms with E-state index in [1.165, 1.54) is 51.5 Å². The molecule has 0 unspecified atom stereocenters. The van der Waals surface area contributed by atoms with Gasteiger partial charge in [-0.1, -0.05) is 6.92 Å². The largest absolute Gasteiger partial charge is 0.495 e. The first-order valence-corrected chi connectivity index (χ1v) is 11.9. The number of carbonyl (C=O) groups is 1. The summed E-state index contributed by atoms with van der Waals surface area (Å²) in [6, 6.07) is 8.48. The number of nitro groups is 1. The number of hydrogen-bond acceptors (Lipinski definition) is 7. The molecule has 1 saturated heterocycles. The molecule has 33 heavy (non-hydrogen) atoms. The SMILES string of the molecule is COc1ccc(S(=O)(=O)N(C)C)cc1NC(=O)c1ccc(N2CCC[C@@H](C)C2)c([N+](=O)[O-])c1. The molecule has 11 heteroatoms. The molecule has 1 atom stereocenters. The highest BCUT2D eigenvalue weighted by molar-refractivity contribution is 7.89. The summed E-state index contributed by atoms with van der Waals surface area (Å²) in [7, 11) is 0.468. The van der Waals surface area contributed by atoms with Gasteiger partial charge in [0.2, 0.25) is 10.0 Å². The van der Waals surface area contributed by atoms with Gasteiger partial charge in [0.1, 0.15) is 11.4 Å². The number of anilines is 2. The molecule has 178 valence electrons. The molecule has 2 aromatic rings. The lowest BCUT2D eigenvalue weighted by Crippen LogP contribution is -2.34. The molecule has 1 fully saturated rings. The van der Waals surface area contributed by atoms with Gasteiger partial charge in [0.05, 0.1) is 22.6 Å². The molecular formula is C22H28N4O6S. The Kier molecular flexibility index (Phi) is 7.23. The number of nitrogens with one attached hydrogen (secondary N) is 1. The number of ether oxygens (including phenoxy) is 1. The maximum Gasteiger partial charge on any atom is 0.293 e. The van der Waals surface area contributed by atoms with E-state index in [-0.39, 0.29) is 27.6 Å². The molecule has 3 rings (SSSR count). The number of hydrogen-bond donors (Lipinski definition) is 1. The summed E-state index contributed by atoms with van der Waals surface area (Å²) in [4.78, 5) is 26.1. The van der Waals surface area contributed by atoms with E-state index >= 15 is 0 Å². The number of piperidine rings is 1. The maximum absolute atomic E-state index is 12.9. The highest BCUT2D eigenvalue weighted by Crippen LogP contribution is 2.33. The number of nitro benzene ring substituents is 1. The van der Waals surface area contributed by atoms with Crippen molar-refractivity contribution in [1.29, 1.82) is 0 Å². The van der Waals surface area contributed by atoms with E-state index < -0.39 is 20.9 Å². The van der Waals surface area contributed by atoms with Gasteiger partial charge in [0.15, 0.2) is 0 Å². The van der Waals surface area contributed by atoms with Gasteiger partial charge in [-0.25, -0.2) is 12.7 Å². The summed E-state index contributed by atoms with van der Waals surface area (Å²) in [6.45, 7) is 3.55. The van der Waals surface area contributed by atoms with E-state index in [4.69, 9.17) is 4.74 Å². The van der Waals surface area contributed by atoms with Crippen molar-refractivity contribution < 1.29 is 22.9 Å². The summed E-state index contributed by atoms with van der Waals surface area (Å²) in [5, 5.41) is 14.4. The minimum Gasteiger partial charge on any atom is -0.495 e. The summed E-state index contributed by atoms with van der Waals surface area (Å²) in [5.74, 6) is 0.0726. The minimum absolute atomic E-state index is 0.0239. The van der Waals surface area contributed by atoms with Crippen molar-refractivity contribution in [2.45, 2.75) is 24.7 Å². The highest BCUT2D eigenvalue weighted by atomic mass is 32.2. The second-order valence-corrected chi connectivity index (χ2v) is 10.4. The quantitative estimate of drug-likeness (QED) is 0.480. The third-order valence-corrected chi connectivity index (χ3v) is 7.44. The lowest BCUT2D eigenvalue weighted by molar-refractivity contribution is -0.384. The van der Waals surface area contributed by atoms with Crippen LogP contribution >= 0.6 is 0 Å². The molecule has 0 aliphatic carbocycles. The van der Waals surface area contributed by atoms with Crippen LogP contribution in [0.3, 0.4) is 0 Å². The molecule has 1 heterocycles. The first-order valence-electron chi connectivity index (χ1n) is 10.5. The predicted molar refractivity (Wildman–Crippen MR) is 126 cm³/mol. The van der Waals surface area contributed by atoms with Crippen molar-refractivity contribution in [1.82, 2.24) is 4.31 Å². The van der Waals surface area contributed by atoms with E-state index in [0.29, 0.717) is 11.6 Å². The Morgan fingerprint density at radius 3 is 2.58 bits per heavy atom. The smallest absolute Gasteiger partial charge is 0.293 e. The number of benzene rings is 2. The standard InChI is InChI=1S/C22H28N4O6S/c1-15-6-5-11-25(14-15)19-9-7-16(12-20(19)26(28)29)22(27)23-18-13-17(8-10-21(18)32-4)33(30,31)24(2)3/h7-10,12-13,15H,5-6,11,14H2,1-4H3,(H,23,27)/t15-/m1/s1. The van der Waals surface area contributed by atoms with E-state index in [9.17, 15) is 23.3 Å². The molecule has 0 bridgehead atoms. The van der Waals surface area contributed by atoms with Gasteiger partial charge in [-0.2, -0.15) is 0 Å². The van der Waals surface area contributed by atoms with Gasteiger partial charge >= 0.3 is 0 Å². The molecule has 0 saturated carbocycles. The van der Waals surface area contributed by atoms with Crippen molar-refractivity contribution in [3.63, 3.8) is 0 Å². The molecule has 0 spiro atoms. The number of methoxy groups -OCH3 is 1. The molecule has 0 aromatic heterocycles. The Bertz CT molecular complexity index is 1170. The van der Waals surface area contributed by atoms with Gasteiger partial charge in [-0.15, -0.1) is 0 Å². The molecular weight excluding hydrogens is 448 g/mol. The van der Waals surface area contributed by atoms with E-state index in [2.05, 4.69) is 12.2 Å². The van der Waals surface area contributed by atoms with Gasteiger partial charge < -0.3 is 15.0 Å². The second kappa shape index (κ2) is 9.75. The molecule has 0 radical (unpaired) electrons. The van der Waals surface area contributed by atoms with Gasteiger partial charge in [-0.05, 0) is 49.1 Å². The summed E-state index contributed by atoms with van der Waals surface area (Å²) < 4.78 is 31.2. The average molecular weight is 477 g/mol. The topological polar surface area (TPSA) is 122 Å². The fraction of sp³-hybridized carbons (Fsp3) is 0.409. The minimum atomic E-state index is -3.73. The zero-order valence-corrected chi connectivity index (χ0v) is 19.9. The Balaban J connectivity index is 1.93. The van der Waals surface area contributed by atoms with Gasteiger partial charge in [0.25, 0.3) is 11.6 Å². The van der Waals surface area contributed by atoms with Crippen LogP contribution in [0.5, 0.6) is 5.75 Å². The van der Waals surface area contributed by atoms with Gasteiger partial charge in [0, 0.05) is 38.8 Å². The van der Waals surface area contributed by atoms with Crippen LogP contribution in [0.2, 0.25) is 0 Å².